The number of aryl methyl sites for hydroxylation is 1. The number of pyridine rings is 1. The summed E-state index contributed by atoms with van der Waals surface area (Å²) >= 11 is 0. The number of alkyl halides is 2. The molecule has 0 fully saturated rings. The van der Waals surface area contributed by atoms with Crippen LogP contribution in [0.2, 0.25) is 0 Å². The van der Waals surface area contributed by atoms with Crippen LogP contribution in [0.3, 0.4) is 0 Å². The van der Waals surface area contributed by atoms with Crippen LogP contribution in [0.1, 0.15) is 23.4 Å². The van der Waals surface area contributed by atoms with Crippen LogP contribution in [-0.4, -0.2) is 24.5 Å². The molecule has 4 rings (SSSR count). The van der Waals surface area contributed by atoms with E-state index in [1.54, 1.807) is 6.92 Å². The first-order valence-electron chi connectivity index (χ1n) is 8.30. The van der Waals surface area contributed by atoms with Crippen molar-refractivity contribution in [2.45, 2.75) is 19.9 Å². The van der Waals surface area contributed by atoms with Gasteiger partial charge in [0.25, 0.3) is 6.43 Å². The number of aromatic nitrogens is 5. The minimum Gasteiger partial charge on any atom is -0.382 e. The molecule has 0 saturated heterocycles. The van der Waals surface area contributed by atoms with Crippen LogP contribution < -0.4 is 5.73 Å². The standard InChI is InChI=1S/C19H16F2N6/c1-11-24-17(22)15-19(25-11)27(10-12-5-3-2-4-6-12)18(26-15)14-7-13(16(20)21)8-23-9-14/h2-9,16H,10H2,1H3,(H2,22,24,25). The van der Waals surface area contributed by atoms with E-state index >= 15 is 0 Å². The molecule has 2 N–H and O–H groups in total. The van der Waals surface area contributed by atoms with E-state index in [2.05, 4.69) is 19.9 Å². The number of nitrogens with zero attached hydrogens (tertiary/aromatic N) is 5. The fraction of sp³-hybridized carbons (Fsp3) is 0.158. The summed E-state index contributed by atoms with van der Waals surface area (Å²) in [5.74, 6) is 1.24. The van der Waals surface area contributed by atoms with Crippen LogP contribution >= 0.6 is 0 Å². The maximum Gasteiger partial charge on any atom is 0.265 e. The molecular formula is C19H16F2N6. The molecule has 0 unspecified atom stereocenters. The second-order valence-electron chi connectivity index (χ2n) is 6.14. The summed E-state index contributed by atoms with van der Waals surface area (Å²) in [5, 5.41) is 0. The Balaban J connectivity index is 1.95. The molecule has 0 spiro atoms. The van der Waals surface area contributed by atoms with Gasteiger partial charge in [0.05, 0.1) is 6.54 Å². The molecule has 8 heteroatoms. The topological polar surface area (TPSA) is 82.5 Å². The summed E-state index contributed by atoms with van der Waals surface area (Å²) < 4.78 is 28.1. The first kappa shape index (κ1) is 17.0. The molecule has 0 aliphatic rings. The highest BCUT2D eigenvalue weighted by Gasteiger charge is 2.19. The van der Waals surface area contributed by atoms with Gasteiger partial charge in [-0.1, -0.05) is 30.3 Å². The zero-order chi connectivity index (χ0) is 19.0. The van der Waals surface area contributed by atoms with Crippen molar-refractivity contribution in [1.29, 1.82) is 0 Å². The average Bonchev–Trinajstić information content (AvgIpc) is 3.01. The number of benzene rings is 1. The molecule has 0 amide bonds. The molecular weight excluding hydrogens is 350 g/mol. The van der Waals surface area contributed by atoms with Gasteiger partial charge in [-0.25, -0.2) is 23.7 Å². The third-order valence-corrected chi connectivity index (χ3v) is 4.19. The second-order valence-corrected chi connectivity index (χ2v) is 6.14. The predicted octanol–water partition coefficient (Wildman–Crippen LogP) is 3.76. The summed E-state index contributed by atoms with van der Waals surface area (Å²) in [7, 11) is 0. The van der Waals surface area contributed by atoms with E-state index in [1.165, 1.54) is 12.3 Å². The fourth-order valence-electron chi connectivity index (χ4n) is 2.97. The van der Waals surface area contributed by atoms with Crippen molar-refractivity contribution in [3.8, 4) is 11.4 Å². The van der Waals surface area contributed by atoms with Gasteiger partial charge in [-0.3, -0.25) is 4.98 Å². The van der Waals surface area contributed by atoms with E-state index in [1.807, 2.05) is 34.9 Å². The third kappa shape index (κ3) is 3.21. The maximum atomic E-state index is 13.1. The molecule has 27 heavy (non-hydrogen) atoms. The molecule has 3 heterocycles. The molecule has 4 aromatic rings. The van der Waals surface area contributed by atoms with Crippen molar-refractivity contribution in [2.24, 2.45) is 0 Å². The number of nitrogen functional groups attached to an aromatic ring is 1. The normalized spacial score (nSPS) is 11.4. The first-order chi connectivity index (χ1) is 13.0. The minimum atomic E-state index is -2.61. The lowest BCUT2D eigenvalue weighted by atomic mass is 10.2. The number of anilines is 1. The monoisotopic (exact) mass is 366 g/mol. The Hall–Kier alpha value is -3.42. The second kappa shape index (κ2) is 6.71. The number of halogens is 2. The van der Waals surface area contributed by atoms with Gasteiger partial charge in [0.1, 0.15) is 11.6 Å². The molecule has 0 aliphatic heterocycles. The lowest BCUT2D eigenvalue weighted by Gasteiger charge is -2.10. The summed E-state index contributed by atoms with van der Waals surface area (Å²) in [6, 6.07) is 11.1. The summed E-state index contributed by atoms with van der Waals surface area (Å²) in [6.07, 6.45) is 0.0402. The van der Waals surface area contributed by atoms with Gasteiger partial charge in [0.2, 0.25) is 0 Å². The highest BCUT2D eigenvalue weighted by Crippen LogP contribution is 2.29. The van der Waals surface area contributed by atoms with Crippen LogP contribution in [0, 0.1) is 6.92 Å². The van der Waals surface area contributed by atoms with Gasteiger partial charge in [-0.05, 0) is 18.6 Å². The van der Waals surface area contributed by atoms with Crippen molar-refractivity contribution in [1.82, 2.24) is 24.5 Å². The van der Waals surface area contributed by atoms with E-state index < -0.39 is 6.43 Å². The predicted molar refractivity (Wildman–Crippen MR) is 98.2 cm³/mol. The Bertz CT molecular complexity index is 1110. The minimum absolute atomic E-state index is 0.166. The van der Waals surface area contributed by atoms with Crippen molar-refractivity contribution in [2.75, 3.05) is 5.73 Å². The Kier molecular flexibility index (Phi) is 4.23. The van der Waals surface area contributed by atoms with Crippen LogP contribution in [0.4, 0.5) is 14.6 Å². The first-order valence-corrected chi connectivity index (χ1v) is 8.30. The summed E-state index contributed by atoms with van der Waals surface area (Å²) in [6.45, 7) is 2.20. The van der Waals surface area contributed by atoms with E-state index in [9.17, 15) is 8.78 Å². The maximum absolute atomic E-state index is 13.1. The zero-order valence-electron chi connectivity index (χ0n) is 14.5. The molecule has 0 bridgehead atoms. The zero-order valence-corrected chi connectivity index (χ0v) is 14.5. The number of imidazole rings is 1. The lowest BCUT2D eigenvalue weighted by Crippen LogP contribution is -2.05. The highest BCUT2D eigenvalue weighted by atomic mass is 19.3. The molecule has 136 valence electrons. The van der Waals surface area contributed by atoms with Crippen LogP contribution in [0.5, 0.6) is 0 Å². The molecule has 0 atom stereocenters. The van der Waals surface area contributed by atoms with E-state index in [0.717, 1.165) is 11.8 Å². The summed E-state index contributed by atoms with van der Waals surface area (Å²) in [4.78, 5) is 17.1. The molecule has 1 aromatic carbocycles. The van der Waals surface area contributed by atoms with Crippen molar-refractivity contribution in [3.63, 3.8) is 0 Å². The largest absolute Gasteiger partial charge is 0.382 e. The number of hydrogen-bond donors (Lipinski definition) is 1. The smallest absolute Gasteiger partial charge is 0.265 e. The van der Waals surface area contributed by atoms with Crippen LogP contribution in [0.25, 0.3) is 22.6 Å². The van der Waals surface area contributed by atoms with Gasteiger partial charge in [-0.2, -0.15) is 0 Å². The Morgan fingerprint density at radius 1 is 1.07 bits per heavy atom. The number of rotatable bonds is 4. The van der Waals surface area contributed by atoms with Crippen molar-refractivity contribution in [3.05, 3.63) is 65.7 Å². The summed E-state index contributed by atoms with van der Waals surface area (Å²) in [5.41, 5.74) is 8.35. The van der Waals surface area contributed by atoms with E-state index in [0.29, 0.717) is 34.9 Å². The molecule has 0 aliphatic carbocycles. The number of nitrogens with two attached hydrogens (primary N) is 1. The molecule has 0 radical (unpaired) electrons. The molecule has 0 saturated carbocycles. The molecule has 3 aromatic heterocycles. The SMILES string of the molecule is Cc1nc(N)c2nc(-c3cncc(C(F)F)c3)n(Cc3ccccc3)c2n1. The number of hydrogen-bond acceptors (Lipinski definition) is 5. The Morgan fingerprint density at radius 2 is 1.85 bits per heavy atom. The third-order valence-electron chi connectivity index (χ3n) is 4.19. The fourth-order valence-corrected chi connectivity index (χ4v) is 2.97. The van der Waals surface area contributed by atoms with Crippen LogP contribution in [-0.2, 0) is 6.54 Å². The van der Waals surface area contributed by atoms with Gasteiger partial charge < -0.3 is 10.3 Å². The Labute approximate surface area is 153 Å². The highest BCUT2D eigenvalue weighted by molar-refractivity contribution is 5.85. The lowest BCUT2D eigenvalue weighted by molar-refractivity contribution is 0.151. The van der Waals surface area contributed by atoms with Gasteiger partial charge in [0, 0.05) is 23.5 Å². The Morgan fingerprint density at radius 3 is 2.59 bits per heavy atom. The quantitative estimate of drug-likeness (QED) is 0.595. The van der Waals surface area contributed by atoms with E-state index in [-0.39, 0.29) is 11.4 Å². The van der Waals surface area contributed by atoms with Gasteiger partial charge in [-0.15, -0.1) is 0 Å². The van der Waals surface area contributed by atoms with Crippen molar-refractivity contribution < 1.29 is 8.78 Å². The molecule has 6 nitrogen and oxygen atoms in total. The average molecular weight is 366 g/mol. The van der Waals surface area contributed by atoms with Gasteiger partial charge >= 0.3 is 0 Å². The van der Waals surface area contributed by atoms with Crippen LogP contribution in [0.15, 0.2) is 48.8 Å². The van der Waals surface area contributed by atoms with Crippen molar-refractivity contribution >= 4 is 17.0 Å². The van der Waals surface area contributed by atoms with Gasteiger partial charge in [0.15, 0.2) is 17.0 Å². The number of fused-ring (bicyclic) bond motifs is 1. The van der Waals surface area contributed by atoms with E-state index in [4.69, 9.17) is 5.73 Å².